The van der Waals surface area contributed by atoms with Crippen molar-refractivity contribution >= 4 is 28.3 Å². The standard InChI is InChI=1S/C16H13NO4S/c1-21-16(18)11-15(22-14-5-3-2-4-6-14)12-7-9-13(10-8-12)17(19)20/h2-11H,1H3/b15-11-. The summed E-state index contributed by atoms with van der Waals surface area (Å²) in [4.78, 5) is 23.4. The van der Waals surface area contributed by atoms with E-state index in [1.807, 2.05) is 30.3 Å². The molecule has 0 N–H and O–H groups in total. The molecule has 6 heteroatoms. The molecule has 0 aliphatic rings. The highest BCUT2D eigenvalue weighted by Crippen LogP contribution is 2.34. The second kappa shape index (κ2) is 7.42. The van der Waals surface area contributed by atoms with Gasteiger partial charge in [0, 0.05) is 28.0 Å². The fourth-order valence-electron chi connectivity index (χ4n) is 1.70. The topological polar surface area (TPSA) is 69.4 Å². The highest BCUT2D eigenvalue weighted by atomic mass is 32.2. The van der Waals surface area contributed by atoms with Crippen molar-refractivity contribution in [3.8, 4) is 0 Å². The molecule has 0 aliphatic carbocycles. The number of nitro groups is 1. The van der Waals surface area contributed by atoms with E-state index in [0.29, 0.717) is 10.5 Å². The summed E-state index contributed by atoms with van der Waals surface area (Å²) in [6.45, 7) is 0. The minimum absolute atomic E-state index is 0.00544. The second-order valence-corrected chi connectivity index (χ2v) is 5.37. The molecule has 0 atom stereocenters. The molecule has 0 saturated heterocycles. The number of carbonyl (C=O) groups is 1. The molecule has 0 unspecified atom stereocenters. The first-order valence-corrected chi connectivity index (χ1v) is 7.19. The molecule has 0 amide bonds. The number of nitro benzene ring substituents is 1. The zero-order valence-electron chi connectivity index (χ0n) is 11.8. The molecule has 2 aromatic rings. The molecule has 5 nitrogen and oxygen atoms in total. The van der Waals surface area contributed by atoms with E-state index in [9.17, 15) is 14.9 Å². The predicted molar refractivity (Wildman–Crippen MR) is 85.4 cm³/mol. The Morgan fingerprint density at radius 1 is 1.14 bits per heavy atom. The van der Waals surface area contributed by atoms with Gasteiger partial charge in [0.2, 0.25) is 0 Å². The van der Waals surface area contributed by atoms with Gasteiger partial charge in [0.25, 0.3) is 5.69 Å². The van der Waals surface area contributed by atoms with Crippen molar-refractivity contribution in [1.29, 1.82) is 0 Å². The van der Waals surface area contributed by atoms with Crippen molar-refractivity contribution in [3.63, 3.8) is 0 Å². The summed E-state index contributed by atoms with van der Waals surface area (Å²) in [5.41, 5.74) is 0.718. The first-order valence-electron chi connectivity index (χ1n) is 6.37. The summed E-state index contributed by atoms with van der Waals surface area (Å²) >= 11 is 1.39. The maximum absolute atomic E-state index is 11.5. The van der Waals surface area contributed by atoms with Crippen molar-refractivity contribution in [1.82, 2.24) is 0 Å². The van der Waals surface area contributed by atoms with Crippen molar-refractivity contribution in [2.24, 2.45) is 0 Å². The molecule has 0 spiro atoms. The van der Waals surface area contributed by atoms with Crippen LogP contribution in [0.15, 0.2) is 65.6 Å². The van der Waals surface area contributed by atoms with Crippen LogP contribution >= 0.6 is 11.8 Å². The Balaban J connectivity index is 2.34. The molecule has 112 valence electrons. The third-order valence-corrected chi connectivity index (χ3v) is 3.87. The molecule has 22 heavy (non-hydrogen) atoms. The molecule has 0 heterocycles. The lowest BCUT2D eigenvalue weighted by molar-refractivity contribution is -0.384. The van der Waals surface area contributed by atoms with Gasteiger partial charge in [-0.05, 0) is 29.8 Å². The average molecular weight is 315 g/mol. The zero-order valence-corrected chi connectivity index (χ0v) is 12.6. The minimum Gasteiger partial charge on any atom is -0.466 e. The van der Waals surface area contributed by atoms with E-state index in [1.54, 1.807) is 12.1 Å². The summed E-state index contributed by atoms with van der Waals surface area (Å²) in [5.74, 6) is -0.475. The van der Waals surface area contributed by atoms with Crippen LogP contribution in [0.1, 0.15) is 5.56 Å². The van der Waals surface area contributed by atoms with Crippen molar-refractivity contribution < 1.29 is 14.5 Å². The van der Waals surface area contributed by atoms with Crippen LogP contribution in [0.25, 0.3) is 4.91 Å². The highest BCUT2D eigenvalue weighted by molar-refractivity contribution is 8.08. The molecular formula is C16H13NO4S. The van der Waals surface area contributed by atoms with Crippen LogP contribution in [0.4, 0.5) is 5.69 Å². The predicted octanol–water partition coefficient (Wildman–Crippen LogP) is 3.90. The molecule has 2 rings (SSSR count). The van der Waals surface area contributed by atoms with Crippen LogP contribution in [0.3, 0.4) is 0 Å². The fourth-order valence-corrected chi connectivity index (χ4v) is 2.66. The summed E-state index contributed by atoms with van der Waals surface area (Å²) in [7, 11) is 1.31. The third kappa shape index (κ3) is 4.20. The fraction of sp³-hybridized carbons (Fsp3) is 0.0625. The Labute approximate surface area is 131 Å². The molecule has 0 bridgehead atoms. The Bertz CT molecular complexity index is 696. The number of benzene rings is 2. The number of carbonyl (C=O) groups excluding carboxylic acids is 1. The third-order valence-electron chi connectivity index (χ3n) is 2.78. The molecule has 0 saturated carbocycles. The first kappa shape index (κ1) is 15.8. The van der Waals surface area contributed by atoms with Gasteiger partial charge in [0.05, 0.1) is 12.0 Å². The molecular weight excluding hydrogens is 302 g/mol. The first-order chi connectivity index (χ1) is 10.6. The Kier molecular flexibility index (Phi) is 5.32. The largest absolute Gasteiger partial charge is 0.466 e. The summed E-state index contributed by atoms with van der Waals surface area (Å²) in [5, 5.41) is 10.7. The van der Waals surface area contributed by atoms with Crippen LogP contribution in [-0.4, -0.2) is 18.0 Å². The van der Waals surface area contributed by atoms with Crippen LogP contribution in [0.5, 0.6) is 0 Å². The zero-order chi connectivity index (χ0) is 15.9. The van der Waals surface area contributed by atoms with Crippen molar-refractivity contribution in [2.45, 2.75) is 4.90 Å². The number of thioether (sulfide) groups is 1. The van der Waals surface area contributed by atoms with Gasteiger partial charge < -0.3 is 4.74 Å². The maximum Gasteiger partial charge on any atom is 0.331 e. The van der Waals surface area contributed by atoms with Gasteiger partial charge in [-0.2, -0.15) is 0 Å². The van der Waals surface area contributed by atoms with Gasteiger partial charge >= 0.3 is 5.97 Å². The average Bonchev–Trinajstić information content (AvgIpc) is 2.55. The summed E-state index contributed by atoms with van der Waals surface area (Å²) < 4.78 is 4.66. The lowest BCUT2D eigenvalue weighted by Crippen LogP contribution is -1.96. The van der Waals surface area contributed by atoms with Crippen LogP contribution in [0.2, 0.25) is 0 Å². The normalized spacial score (nSPS) is 11.0. The monoisotopic (exact) mass is 315 g/mol. The van der Waals surface area contributed by atoms with E-state index in [4.69, 9.17) is 0 Å². The van der Waals surface area contributed by atoms with E-state index in [1.165, 1.54) is 37.1 Å². The number of methoxy groups -OCH3 is 1. The van der Waals surface area contributed by atoms with Gasteiger partial charge in [0.1, 0.15) is 0 Å². The van der Waals surface area contributed by atoms with E-state index >= 15 is 0 Å². The minimum atomic E-state index is -0.475. The Morgan fingerprint density at radius 2 is 1.77 bits per heavy atom. The van der Waals surface area contributed by atoms with Crippen LogP contribution in [-0.2, 0) is 9.53 Å². The van der Waals surface area contributed by atoms with Gasteiger partial charge in [-0.3, -0.25) is 10.1 Å². The van der Waals surface area contributed by atoms with Crippen LogP contribution < -0.4 is 0 Å². The number of non-ortho nitro benzene ring substituents is 1. The van der Waals surface area contributed by atoms with Crippen molar-refractivity contribution in [3.05, 3.63) is 76.4 Å². The van der Waals surface area contributed by atoms with Crippen molar-refractivity contribution in [2.75, 3.05) is 7.11 Å². The maximum atomic E-state index is 11.5. The molecule has 0 radical (unpaired) electrons. The molecule has 0 fully saturated rings. The molecule has 0 aliphatic heterocycles. The number of esters is 1. The van der Waals surface area contributed by atoms with E-state index in [0.717, 1.165) is 4.90 Å². The SMILES string of the molecule is COC(=O)/C=C(\Sc1ccccc1)c1ccc([N+](=O)[O-])cc1. The number of nitrogens with zero attached hydrogens (tertiary/aromatic N) is 1. The Hall–Kier alpha value is -2.60. The smallest absolute Gasteiger partial charge is 0.331 e. The van der Waals surface area contributed by atoms with E-state index < -0.39 is 10.9 Å². The quantitative estimate of drug-likeness (QED) is 0.275. The van der Waals surface area contributed by atoms with Crippen LogP contribution in [0, 0.1) is 10.1 Å². The summed E-state index contributed by atoms with van der Waals surface area (Å²) in [6, 6.07) is 15.6. The van der Waals surface area contributed by atoms with Gasteiger partial charge in [0.15, 0.2) is 0 Å². The Morgan fingerprint density at radius 3 is 2.32 bits per heavy atom. The molecule has 2 aromatic carbocycles. The second-order valence-electron chi connectivity index (χ2n) is 4.25. The van der Waals surface area contributed by atoms with Gasteiger partial charge in [-0.15, -0.1) is 0 Å². The van der Waals surface area contributed by atoms with E-state index in [-0.39, 0.29) is 5.69 Å². The lowest BCUT2D eigenvalue weighted by atomic mass is 10.2. The number of ether oxygens (including phenoxy) is 1. The lowest BCUT2D eigenvalue weighted by Gasteiger charge is -2.07. The van der Waals surface area contributed by atoms with Gasteiger partial charge in [-0.1, -0.05) is 30.0 Å². The van der Waals surface area contributed by atoms with E-state index in [2.05, 4.69) is 4.74 Å². The highest BCUT2D eigenvalue weighted by Gasteiger charge is 2.10. The number of hydrogen-bond acceptors (Lipinski definition) is 5. The number of rotatable bonds is 5. The van der Waals surface area contributed by atoms with Gasteiger partial charge in [-0.25, -0.2) is 4.79 Å². The number of hydrogen-bond donors (Lipinski definition) is 0. The molecule has 0 aromatic heterocycles. The summed E-state index contributed by atoms with van der Waals surface area (Å²) in [6.07, 6.45) is 1.37.